The van der Waals surface area contributed by atoms with E-state index >= 15 is 0 Å². The summed E-state index contributed by atoms with van der Waals surface area (Å²) in [5.41, 5.74) is 1.87. The monoisotopic (exact) mass is 357 g/mol. The maximum Gasteiger partial charge on any atom is 0.262 e. The standard InChI is InChI=1S/C17H19N5O2S/c1-13-7-4-5-10-16(13)25(23,24)20-14-8-6-9-15(11-14)22-12-18-17(19-22)21(2)3/h4-12,20H,1-3H3. The fourth-order valence-electron chi connectivity index (χ4n) is 2.36. The topological polar surface area (TPSA) is 80.1 Å². The molecule has 2 aromatic carbocycles. The Hall–Kier alpha value is -2.87. The number of rotatable bonds is 5. The van der Waals surface area contributed by atoms with Crippen molar-refractivity contribution in [3.8, 4) is 5.69 Å². The molecule has 0 aliphatic rings. The van der Waals surface area contributed by atoms with Gasteiger partial charge in [0.05, 0.1) is 16.3 Å². The van der Waals surface area contributed by atoms with E-state index in [2.05, 4.69) is 14.8 Å². The molecule has 0 spiro atoms. The molecule has 0 saturated carbocycles. The molecule has 1 N–H and O–H groups in total. The highest BCUT2D eigenvalue weighted by molar-refractivity contribution is 7.92. The summed E-state index contributed by atoms with van der Waals surface area (Å²) in [6, 6.07) is 13.9. The van der Waals surface area contributed by atoms with E-state index in [0.717, 1.165) is 0 Å². The van der Waals surface area contributed by atoms with Crippen LogP contribution >= 0.6 is 0 Å². The number of anilines is 2. The molecule has 0 aliphatic heterocycles. The van der Waals surface area contributed by atoms with Crippen LogP contribution in [0.25, 0.3) is 5.69 Å². The van der Waals surface area contributed by atoms with Crippen molar-refractivity contribution in [3.63, 3.8) is 0 Å². The zero-order valence-corrected chi connectivity index (χ0v) is 15.0. The van der Waals surface area contributed by atoms with Crippen LogP contribution in [0.15, 0.2) is 59.8 Å². The molecule has 0 amide bonds. The quantitative estimate of drug-likeness (QED) is 0.759. The molecular weight excluding hydrogens is 338 g/mol. The van der Waals surface area contributed by atoms with Crippen molar-refractivity contribution >= 4 is 21.7 Å². The second-order valence-corrected chi connectivity index (χ2v) is 7.46. The Morgan fingerprint density at radius 2 is 1.84 bits per heavy atom. The highest BCUT2D eigenvalue weighted by atomic mass is 32.2. The zero-order chi connectivity index (χ0) is 18.0. The molecular formula is C17H19N5O2S. The van der Waals surface area contributed by atoms with Crippen molar-refractivity contribution in [1.29, 1.82) is 0 Å². The summed E-state index contributed by atoms with van der Waals surface area (Å²) in [5.74, 6) is 0.575. The van der Waals surface area contributed by atoms with Gasteiger partial charge in [0.15, 0.2) is 0 Å². The van der Waals surface area contributed by atoms with E-state index in [4.69, 9.17) is 0 Å². The second-order valence-electron chi connectivity index (χ2n) is 5.80. The lowest BCUT2D eigenvalue weighted by atomic mass is 10.2. The highest BCUT2D eigenvalue weighted by Gasteiger charge is 2.16. The van der Waals surface area contributed by atoms with Gasteiger partial charge in [0.25, 0.3) is 10.0 Å². The molecule has 0 aliphatic carbocycles. The van der Waals surface area contributed by atoms with Crippen LogP contribution in [0.5, 0.6) is 0 Å². The first-order valence-electron chi connectivity index (χ1n) is 7.65. The SMILES string of the molecule is Cc1ccccc1S(=O)(=O)Nc1cccc(-n2cnc(N(C)C)n2)c1. The van der Waals surface area contributed by atoms with Gasteiger partial charge in [-0.2, -0.15) is 4.98 Å². The number of hydrogen-bond donors (Lipinski definition) is 1. The van der Waals surface area contributed by atoms with Crippen LogP contribution in [0, 0.1) is 6.92 Å². The fraction of sp³-hybridized carbons (Fsp3) is 0.176. The summed E-state index contributed by atoms with van der Waals surface area (Å²) >= 11 is 0. The first kappa shape index (κ1) is 17.0. The lowest BCUT2D eigenvalue weighted by molar-refractivity contribution is 0.600. The predicted octanol–water partition coefficient (Wildman–Crippen LogP) is 2.44. The van der Waals surface area contributed by atoms with Crippen molar-refractivity contribution in [2.24, 2.45) is 0 Å². The first-order chi connectivity index (χ1) is 11.9. The molecule has 3 aromatic rings. The number of sulfonamides is 1. The molecule has 0 radical (unpaired) electrons. The first-order valence-corrected chi connectivity index (χ1v) is 9.13. The maximum atomic E-state index is 12.6. The van der Waals surface area contributed by atoms with Gasteiger partial charge in [0, 0.05) is 14.1 Å². The van der Waals surface area contributed by atoms with E-state index in [-0.39, 0.29) is 4.90 Å². The molecule has 8 heteroatoms. The van der Waals surface area contributed by atoms with E-state index in [0.29, 0.717) is 22.9 Å². The van der Waals surface area contributed by atoms with E-state index < -0.39 is 10.0 Å². The van der Waals surface area contributed by atoms with Crippen molar-refractivity contribution in [1.82, 2.24) is 14.8 Å². The van der Waals surface area contributed by atoms with Gasteiger partial charge in [-0.1, -0.05) is 24.3 Å². The van der Waals surface area contributed by atoms with Crippen LogP contribution in [0.3, 0.4) is 0 Å². The van der Waals surface area contributed by atoms with Crippen LogP contribution < -0.4 is 9.62 Å². The number of aryl methyl sites for hydroxylation is 1. The molecule has 0 atom stereocenters. The van der Waals surface area contributed by atoms with Gasteiger partial charge < -0.3 is 4.90 Å². The molecule has 0 bridgehead atoms. The third-order valence-electron chi connectivity index (χ3n) is 3.63. The van der Waals surface area contributed by atoms with Gasteiger partial charge >= 0.3 is 0 Å². The molecule has 0 unspecified atom stereocenters. The summed E-state index contributed by atoms with van der Waals surface area (Å²) in [4.78, 5) is 6.25. The second kappa shape index (κ2) is 6.56. The number of nitrogens with one attached hydrogen (secondary N) is 1. The Labute approximate surface area is 147 Å². The van der Waals surface area contributed by atoms with E-state index in [1.165, 1.54) is 0 Å². The van der Waals surface area contributed by atoms with E-state index in [9.17, 15) is 8.42 Å². The Kier molecular flexibility index (Phi) is 4.45. The Morgan fingerprint density at radius 3 is 2.52 bits per heavy atom. The predicted molar refractivity (Wildman–Crippen MR) is 97.7 cm³/mol. The number of nitrogens with zero attached hydrogens (tertiary/aromatic N) is 4. The minimum absolute atomic E-state index is 0.260. The molecule has 130 valence electrons. The Morgan fingerprint density at radius 1 is 1.08 bits per heavy atom. The van der Waals surface area contributed by atoms with Crippen LogP contribution in [-0.2, 0) is 10.0 Å². The third kappa shape index (κ3) is 3.63. The number of aromatic nitrogens is 3. The average Bonchev–Trinajstić information content (AvgIpc) is 3.05. The molecule has 0 fully saturated rings. The fourth-order valence-corrected chi connectivity index (χ4v) is 3.66. The van der Waals surface area contributed by atoms with Gasteiger partial charge in [0.1, 0.15) is 6.33 Å². The summed E-state index contributed by atoms with van der Waals surface area (Å²) in [5, 5.41) is 4.34. The molecule has 1 aromatic heterocycles. The average molecular weight is 357 g/mol. The van der Waals surface area contributed by atoms with E-state index in [1.54, 1.807) is 59.2 Å². The smallest absolute Gasteiger partial charge is 0.262 e. The molecule has 0 saturated heterocycles. The van der Waals surface area contributed by atoms with Gasteiger partial charge in [-0.25, -0.2) is 13.1 Å². The van der Waals surface area contributed by atoms with Crippen molar-refractivity contribution < 1.29 is 8.42 Å². The summed E-state index contributed by atoms with van der Waals surface area (Å²) in [6.07, 6.45) is 1.59. The lowest BCUT2D eigenvalue weighted by Crippen LogP contribution is -2.14. The number of benzene rings is 2. The van der Waals surface area contributed by atoms with Gasteiger partial charge in [-0.3, -0.25) is 4.72 Å². The van der Waals surface area contributed by atoms with Crippen LogP contribution in [-0.4, -0.2) is 37.3 Å². The van der Waals surface area contributed by atoms with Crippen LogP contribution in [0.2, 0.25) is 0 Å². The molecule has 7 nitrogen and oxygen atoms in total. The van der Waals surface area contributed by atoms with Crippen LogP contribution in [0.1, 0.15) is 5.56 Å². The minimum atomic E-state index is -3.65. The molecule has 3 rings (SSSR count). The van der Waals surface area contributed by atoms with E-state index in [1.807, 2.05) is 26.2 Å². The summed E-state index contributed by atoms with van der Waals surface area (Å²) in [6.45, 7) is 1.77. The molecule has 1 heterocycles. The largest absolute Gasteiger partial charge is 0.346 e. The normalized spacial score (nSPS) is 11.3. The summed E-state index contributed by atoms with van der Waals surface area (Å²) < 4.78 is 29.4. The lowest BCUT2D eigenvalue weighted by Gasteiger charge is -2.11. The molecule has 25 heavy (non-hydrogen) atoms. The van der Waals surface area contributed by atoms with Crippen molar-refractivity contribution in [3.05, 3.63) is 60.4 Å². The highest BCUT2D eigenvalue weighted by Crippen LogP contribution is 2.21. The Balaban J connectivity index is 1.90. The van der Waals surface area contributed by atoms with Gasteiger partial charge in [0.2, 0.25) is 5.95 Å². The summed E-state index contributed by atoms with van der Waals surface area (Å²) in [7, 11) is 0.0525. The van der Waals surface area contributed by atoms with Gasteiger partial charge in [-0.05, 0) is 36.8 Å². The minimum Gasteiger partial charge on any atom is -0.346 e. The third-order valence-corrected chi connectivity index (χ3v) is 5.17. The maximum absolute atomic E-state index is 12.6. The zero-order valence-electron chi connectivity index (χ0n) is 14.2. The van der Waals surface area contributed by atoms with Gasteiger partial charge in [-0.15, -0.1) is 5.10 Å². The van der Waals surface area contributed by atoms with Crippen molar-refractivity contribution in [2.75, 3.05) is 23.7 Å². The number of hydrogen-bond acceptors (Lipinski definition) is 5. The Bertz CT molecular complexity index is 996. The van der Waals surface area contributed by atoms with Crippen molar-refractivity contribution in [2.45, 2.75) is 11.8 Å². The van der Waals surface area contributed by atoms with Crippen LogP contribution in [0.4, 0.5) is 11.6 Å².